The molecular weight excluding hydrogens is 316 g/mol. The van der Waals surface area contributed by atoms with Crippen LogP contribution < -0.4 is 5.32 Å². The average molecular weight is 344 g/mol. The molecule has 0 aromatic carbocycles. The molecule has 2 amide bonds. The van der Waals surface area contributed by atoms with E-state index in [-0.39, 0.29) is 29.7 Å². The number of carbonyl (C=O) groups excluding carboxylic acids is 2. The molecule has 23 heavy (non-hydrogen) atoms. The van der Waals surface area contributed by atoms with Crippen molar-refractivity contribution in [3.05, 3.63) is 0 Å². The van der Waals surface area contributed by atoms with Crippen LogP contribution in [0.3, 0.4) is 0 Å². The number of rotatable bonds is 4. The number of carbonyl (C=O) groups is 2. The predicted molar refractivity (Wildman–Crippen MR) is 88.7 cm³/mol. The maximum absolute atomic E-state index is 12.2. The molecule has 2 rings (SSSR count). The SMILES string of the molecule is CS(=O)(=O)C1CCC(NC(=O)CN2CCCCCCC2=O)CC1. The van der Waals surface area contributed by atoms with Crippen LogP contribution >= 0.6 is 0 Å². The van der Waals surface area contributed by atoms with Crippen molar-refractivity contribution in [2.75, 3.05) is 19.3 Å². The van der Waals surface area contributed by atoms with Crippen LogP contribution in [0.5, 0.6) is 0 Å². The Morgan fingerprint density at radius 2 is 1.78 bits per heavy atom. The summed E-state index contributed by atoms with van der Waals surface area (Å²) in [4.78, 5) is 25.9. The Morgan fingerprint density at radius 1 is 1.13 bits per heavy atom. The van der Waals surface area contributed by atoms with Crippen LogP contribution in [0.4, 0.5) is 0 Å². The molecular formula is C16H28N2O4S. The summed E-state index contributed by atoms with van der Waals surface area (Å²) in [5, 5.41) is 2.70. The van der Waals surface area contributed by atoms with Gasteiger partial charge >= 0.3 is 0 Å². The molecule has 1 saturated carbocycles. The van der Waals surface area contributed by atoms with Gasteiger partial charge in [-0.2, -0.15) is 0 Å². The van der Waals surface area contributed by atoms with Crippen molar-refractivity contribution < 1.29 is 18.0 Å². The molecule has 1 saturated heterocycles. The van der Waals surface area contributed by atoms with Gasteiger partial charge in [-0.25, -0.2) is 8.42 Å². The maximum Gasteiger partial charge on any atom is 0.239 e. The third kappa shape index (κ3) is 5.79. The standard InChI is InChI=1S/C16H28N2O4S/c1-23(21,22)14-9-7-13(8-10-14)17-15(19)12-18-11-5-3-2-4-6-16(18)20/h13-14H,2-12H2,1H3,(H,17,19). The summed E-state index contributed by atoms with van der Waals surface area (Å²) >= 11 is 0. The molecule has 1 heterocycles. The third-order valence-electron chi connectivity index (χ3n) is 4.90. The lowest BCUT2D eigenvalue weighted by Gasteiger charge is -2.29. The fourth-order valence-corrected chi connectivity index (χ4v) is 4.59. The molecule has 132 valence electrons. The molecule has 0 spiro atoms. The van der Waals surface area contributed by atoms with Crippen molar-refractivity contribution in [3.63, 3.8) is 0 Å². The summed E-state index contributed by atoms with van der Waals surface area (Å²) in [5.74, 6) is -0.0534. The summed E-state index contributed by atoms with van der Waals surface area (Å²) in [7, 11) is -2.98. The molecule has 6 nitrogen and oxygen atoms in total. The number of hydrogen-bond acceptors (Lipinski definition) is 4. The highest BCUT2D eigenvalue weighted by molar-refractivity contribution is 7.91. The Hall–Kier alpha value is -1.11. The van der Waals surface area contributed by atoms with Crippen molar-refractivity contribution in [2.45, 2.75) is 69.1 Å². The number of amides is 2. The van der Waals surface area contributed by atoms with Gasteiger partial charge in [-0.05, 0) is 38.5 Å². The van der Waals surface area contributed by atoms with Crippen LogP contribution in [0, 0.1) is 0 Å². The second-order valence-corrected chi connectivity index (χ2v) is 9.18. The molecule has 0 atom stereocenters. The minimum Gasteiger partial charge on any atom is -0.352 e. The van der Waals surface area contributed by atoms with Crippen molar-refractivity contribution >= 4 is 21.7 Å². The largest absolute Gasteiger partial charge is 0.352 e. The van der Waals surface area contributed by atoms with Crippen LogP contribution in [-0.4, -0.2) is 55.8 Å². The van der Waals surface area contributed by atoms with Gasteiger partial charge in [-0.15, -0.1) is 0 Å². The van der Waals surface area contributed by atoms with Crippen molar-refractivity contribution in [1.82, 2.24) is 10.2 Å². The number of hydrogen-bond donors (Lipinski definition) is 1. The van der Waals surface area contributed by atoms with E-state index in [1.165, 1.54) is 6.26 Å². The highest BCUT2D eigenvalue weighted by atomic mass is 32.2. The van der Waals surface area contributed by atoms with E-state index in [1.807, 2.05) is 0 Å². The van der Waals surface area contributed by atoms with E-state index in [2.05, 4.69) is 5.32 Å². The zero-order valence-electron chi connectivity index (χ0n) is 13.9. The molecule has 1 aliphatic heterocycles. The van der Waals surface area contributed by atoms with Gasteiger partial charge in [0.2, 0.25) is 11.8 Å². The Morgan fingerprint density at radius 3 is 2.43 bits per heavy atom. The van der Waals surface area contributed by atoms with E-state index in [9.17, 15) is 18.0 Å². The number of likely N-dealkylation sites (tertiary alicyclic amines) is 1. The number of nitrogens with one attached hydrogen (secondary N) is 1. The van der Waals surface area contributed by atoms with Gasteiger partial charge in [0.25, 0.3) is 0 Å². The summed E-state index contributed by atoms with van der Waals surface area (Å²) in [5.41, 5.74) is 0. The second-order valence-electron chi connectivity index (χ2n) is 6.85. The van der Waals surface area contributed by atoms with Crippen molar-refractivity contribution in [1.29, 1.82) is 0 Å². The zero-order chi connectivity index (χ0) is 16.9. The van der Waals surface area contributed by atoms with Gasteiger partial charge in [-0.3, -0.25) is 9.59 Å². The molecule has 0 radical (unpaired) electrons. The molecule has 7 heteroatoms. The van der Waals surface area contributed by atoms with Crippen LogP contribution in [0.15, 0.2) is 0 Å². The average Bonchev–Trinajstić information content (AvgIpc) is 2.47. The molecule has 2 aliphatic rings. The van der Waals surface area contributed by atoms with Crippen LogP contribution in [0.25, 0.3) is 0 Å². The van der Waals surface area contributed by atoms with E-state index < -0.39 is 9.84 Å². The lowest BCUT2D eigenvalue weighted by Crippen LogP contribution is -2.46. The molecule has 0 aromatic rings. The first-order valence-electron chi connectivity index (χ1n) is 8.62. The highest BCUT2D eigenvalue weighted by Crippen LogP contribution is 2.23. The van der Waals surface area contributed by atoms with Gasteiger partial charge in [0.05, 0.1) is 11.8 Å². The Kier molecular flexibility index (Phi) is 6.44. The Balaban J connectivity index is 1.77. The number of nitrogens with zero attached hydrogens (tertiary/aromatic N) is 1. The van der Waals surface area contributed by atoms with Crippen molar-refractivity contribution in [2.24, 2.45) is 0 Å². The molecule has 1 aliphatic carbocycles. The van der Waals surface area contributed by atoms with E-state index in [4.69, 9.17) is 0 Å². The van der Waals surface area contributed by atoms with E-state index >= 15 is 0 Å². The van der Waals surface area contributed by atoms with E-state index in [0.717, 1.165) is 25.7 Å². The topological polar surface area (TPSA) is 83.6 Å². The third-order valence-corrected chi connectivity index (χ3v) is 6.58. The summed E-state index contributed by atoms with van der Waals surface area (Å²) in [6.45, 7) is 0.790. The van der Waals surface area contributed by atoms with Crippen LogP contribution in [0.1, 0.15) is 57.8 Å². The second kappa shape index (κ2) is 8.13. The van der Waals surface area contributed by atoms with Gasteiger partial charge in [0, 0.05) is 25.3 Å². The summed E-state index contributed by atoms with van der Waals surface area (Å²) < 4.78 is 23.1. The Bertz CT molecular complexity index is 524. The predicted octanol–water partition coefficient (Wildman–Crippen LogP) is 1.25. The summed E-state index contributed by atoms with van der Waals surface area (Å²) in [6, 6.07) is 0.0327. The first-order valence-corrected chi connectivity index (χ1v) is 10.6. The van der Waals surface area contributed by atoms with E-state index in [1.54, 1.807) is 4.90 Å². The van der Waals surface area contributed by atoms with Gasteiger partial charge in [0.1, 0.15) is 9.84 Å². The summed E-state index contributed by atoms with van der Waals surface area (Å²) in [6.07, 6.45) is 8.48. The molecule has 1 N–H and O–H groups in total. The van der Waals surface area contributed by atoms with Gasteiger partial charge in [0.15, 0.2) is 0 Å². The Labute approximate surface area is 138 Å². The fraction of sp³-hybridized carbons (Fsp3) is 0.875. The van der Waals surface area contributed by atoms with Gasteiger partial charge in [-0.1, -0.05) is 12.8 Å². The smallest absolute Gasteiger partial charge is 0.239 e. The van der Waals surface area contributed by atoms with Gasteiger partial charge < -0.3 is 10.2 Å². The highest BCUT2D eigenvalue weighted by Gasteiger charge is 2.29. The molecule has 0 bridgehead atoms. The van der Waals surface area contributed by atoms with E-state index in [0.29, 0.717) is 38.6 Å². The van der Waals surface area contributed by atoms with Crippen LogP contribution in [-0.2, 0) is 19.4 Å². The maximum atomic E-state index is 12.2. The molecule has 0 unspecified atom stereocenters. The first kappa shape index (κ1) is 18.2. The molecule has 0 aromatic heterocycles. The monoisotopic (exact) mass is 344 g/mol. The minimum atomic E-state index is -2.98. The first-order chi connectivity index (χ1) is 10.9. The normalized spacial score (nSPS) is 27.2. The van der Waals surface area contributed by atoms with Crippen molar-refractivity contribution in [3.8, 4) is 0 Å². The lowest BCUT2D eigenvalue weighted by atomic mass is 9.95. The number of sulfone groups is 1. The minimum absolute atomic E-state index is 0.0327. The lowest BCUT2D eigenvalue weighted by molar-refractivity contribution is -0.136. The fourth-order valence-electron chi connectivity index (χ4n) is 3.46. The van der Waals surface area contributed by atoms with Crippen LogP contribution in [0.2, 0.25) is 0 Å². The molecule has 2 fully saturated rings. The quantitative estimate of drug-likeness (QED) is 0.832. The zero-order valence-corrected chi connectivity index (χ0v) is 14.7.